The van der Waals surface area contributed by atoms with Gasteiger partial charge in [0.2, 0.25) is 5.43 Å². The number of fused-ring (bicyclic) bond motifs is 1. The van der Waals surface area contributed by atoms with E-state index in [1.807, 2.05) is 17.5 Å². The lowest BCUT2D eigenvalue weighted by atomic mass is 10.1. The lowest BCUT2D eigenvalue weighted by Gasteiger charge is -2.16. The molecule has 2 aromatic carbocycles. The number of rotatable bonds is 12. The fourth-order valence-corrected chi connectivity index (χ4v) is 5.70. The Morgan fingerprint density at radius 3 is 2.79 bits per heavy atom. The molecule has 0 radical (unpaired) electrons. The molecule has 34 heavy (non-hydrogen) atoms. The molecule has 4 aromatic rings. The lowest BCUT2D eigenvalue weighted by Crippen LogP contribution is -2.19. The maximum Gasteiger partial charge on any atom is 0.201 e. The van der Waals surface area contributed by atoms with E-state index in [-0.39, 0.29) is 5.43 Å². The maximum atomic E-state index is 12.1. The molecule has 3 N–H and O–H groups in total. The first-order valence-corrected chi connectivity index (χ1v) is 14.1. The molecule has 0 atom stereocenters. The first kappa shape index (κ1) is 24.9. The molecule has 0 aliphatic carbocycles. The third kappa shape index (κ3) is 6.66. The van der Waals surface area contributed by atoms with E-state index in [2.05, 4.69) is 74.2 Å². The number of nitrogens with one attached hydrogen (secondary N) is 3. The van der Waals surface area contributed by atoms with Gasteiger partial charge in [0.25, 0.3) is 0 Å². The highest BCUT2D eigenvalue weighted by Crippen LogP contribution is 2.34. The van der Waals surface area contributed by atoms with Crippen molar-refractivity contribution in [1.82, 2.24) is 10.3 Å². The molecular weight excluding hydrogens is 530 g/mol. The minimum absolute atomic E-state index is 0.0587. The minimum atomic E-state index is 0.0587. The number of pyridine rings is 1. The molecule has 0 spiro atoms. The van der Waals surface area contributed by atoms with Crippen LogP contribution in [0, 0.1) is 0 Å². The second-order valence-corrected chi connectivity index (χ2v) is 10.5. The molecule has 0 aliphatic rings. The van der Waals surface area contributed by atoms with E-state index in [4.69, 9.17) is 4.74 Å². The van der Waals surface area contributed by atoms with Gasteiger partial charge in [-0.25, -0.2) is 0 Å². The zero-order chi connectivity index (χ0) is 23.8. The Labute approximate surface area is 216 Å². The number of H-pyrrole nitrogens is 1. The Kier molecular flexibility index (Phi) is 9.10. The van der Waals surface area contributed by atoms with Crippen molar-refractivity contribution >= 4 is 55.1 Å². The van der Waals surface area contributed by atoms with Crippen LogP contribution >= 0.6 is 39.0 Å². The zero-order valence-electron chi connectivity index (χ0n) is 19.0. The molecule has 0 aliphatic heterocycles. The van der Waals surface area contributed by atoms with Gasteiger partial charge in [0.15, 0.2) is 0 Å². The van der Waals surface area contributed by atoms with Crippen molar-refractivity contribution in [2.45, 2.75) is 24.3 Å². The van der Waals surface area contributed by atoms with Crippen LogP contribution in [0.5, 0.6) is 5.75 Å². The van der Waals surface area contributed by atoms with Gasteiger partial charge in [-0.1, -0.05) is 30.3 Å². The number of aromatic amines is 1. The van der Waals surface area contributed by atoms with E-state index in [0.717, 1.165) is 64.3 Å². The van der Waals surface area contributed by atoms with Gasteiger partial charge in [0.1, 0.15) is 11.6 Å². The number of thiophene rings is 1. The van der Waals surface area contributed by atoms with Gasteiger partial charge in [-0.3, -0.25) is 4.79 Å². The van der Waals surface area contributed by atoms with Crippen molar-refractivity contribution in [2.24, 2.45) is 0 Å². The molecule has 0 fully saturated rings. The molecule has 0 saturated heterocycles. The number of hydrogen-bond acceptors (Lipinski definition) is 6. The fourth-order valence-electron chi connectivity index (χ4n) is 3.68. The highest BCUT2D eigenvalue weighted by Gasteiger charge is 2.11. The van der Waals surface area contributed by atoms with E-state index in [1.54, 1.807) is 17.8 Å². The van der Waals surface area contributed by atoms with E-state index in [9.17, 15) is 4.79 Å². The second-order valence-electron chi connectivity index (χ2n) is 7.85. The van der Waals surface area contributed by atoms with Crippen LogP contribution < -0.4 is 20.8 Å². The van der Waals surface area contributed by atoms with Gasteiger partial charge in [0.05, 0.1) is 21.3 Å². The summed E-state index contributed by atoms with van der Waals surface area (Å²) >= 11 is 6.89. The van der Waals surface area contributed by atoms with Crippen LogP contribution in [0.4, 0.5) is 5.82 Å². The molecule has 4 rings (SSSR count). The monoisotopic (exact) mass is 557 g/mol. The summed E-state index contributed by atoms with van der Waals surface area (Å²) in [4.78, 5) is 16.6. The number of hydrogen-bond donors (Lipinski definition) is 3. The molecule has 178 valence electrons. The molecule has 5 nitrogen and oxygen atoms in total. The Hall–Kier alpha value is -2.26. The number of thioether (sulfide) groups is 1. The topological polar surface area (TPSA) is 66.2 Å². The average Bonchev–Trinajstić information content (AvgIpc) is 3.32. The van der Waals surface area contributed by atoms with Gasteiger partial charge in [-0.2, -0.15) is 0 Å². The first-order valence-electron chi connectivity index (χ1n) is 11.2. The van der Waals surface area contributed by atoms with Crippen molar-refractivity contribution < 1.29 is 4.74 Å². The number of aromatic nitrogens is 1. The Morgan fingerprint density at radius 2 is 1.97 bits per heavy atom. The van der Waals surface area contributed by atoms with Crippen molar-refractivity contribution in [1.29, 1.82) is 0 Å². The van der Waals surface area contributed by atoms with E-state index < -0.39 is 0 Å². The second kappa shape index (κ2) is 12.4. The highest BCUT2D eigenvalue weighted by molar-refractivity contribution is 9.10. The minimum Gasteiger partial charge on any atom is -0.492 e. The summed E-state index contributed by atoms with van der Waals surface area (Å²) in [7, 11) is 0. The van der Waals surface area contributed by atoms with Gasteiger partial charge in [-0.15, -0.1) is 23.1 Å². The third-order valence-corrected chi connectivity index (χ3v) is 7.63. The van der Waals surface area contributed by atoms with Gasteiger partial charge in [-0.05, 0) is 64.3 Å². The average molecular weight is 559 g/mol. The normalized spacial score (nSPS) is 11.1. The van der Waals surface area contributed by atoms with Crippen molar-refractivity contribution in [2.75, 3.05) is 31.3 Å². The Bertz CT molecular complexity index is 1270. The van der Waals surface area contributed by atoms with Crippen molar-refractivity contribution in [3.63, 3.8) is 0 Å². The van der Waals surface area contributed by atoms with E-state index in [0.29, 0.717) is 6.61 Å². The number of anilines is 1. The smallest absolute Gasteiger partial charge is 0.201 e. The predicted octanol–water partition coefficient (Wildman–Crippen LogP) is 6.29. The van der Waals surface area contributed by atoms with Crippen LogP contribution in [0.3, 0.4) is 0 Å². The highest BCUT2D eigenvalue weighted by atomic mass is 79.9. The first-order chi connectivity index (χ1) is 16.6. The third-order valence-electron chi connectivity index (χ3n) is 5.40. The van der Waals surface area contributed by atoms with Gasteiger partial charge < -0.3 is 20.4 Å². The van der Waals surface area contributed by atoms with Crippen molar-refractivity contribution in [3.8, 4) is 5.75 Å². The van der Waals surface area contributed by atoms with Crippen molar-refractivity contribution in [3.05, 3.63) is 85.8 Å². The quantitative estimate of drug-likeness (QED) is 0.141. The summed E-state index contributed by atoms with van der Waals surface area (Å²) in [6, 6.07) is 18.3. The van der Waals surface area contributed by atoms with Crippen LogP contribution in [0.25, 0.3) is 10.2 Å². The lowest BCUT2D eigenvalue weighted by molar-refractivity contribution is 0.315. The van der Waals surface area contributed by atoms with Crippen LogP contribution in [-0.2, 0) is 13.0 Å². The van der Waals surface area contributed by atoms with Crippen LogP contribution in [-0.4, -0.2) is 30.9 Å². The fraction of sp³-hybridized carbons (Fsp3) is 0.269. The largest absolute Gasteiger partial charge is 0.492 e. The van der Waals surface area contributed by atoms with E-state index in [1.165, 1.54) is 21.8 Å². The van der Waals surface area contributed by atoms with Gasteiger partial charge in [0, 0.05) is 36.0 Å². The molecule has 8 heteroatoms. The SMILES string of the molecule is CSc1cc(Br)c(OCCc2ccccc2)c(CNCCCNc2cc(=O)c3sccc3[nH]2)c1. The number of benzene rings is 2. The summed E-state index contributed by atoms with van der Waals surface area (Å²) in [5.74, 6) is 1.67. The Morgan fingerprint density at radius 1 is 1.12 bits per heavy atom. The van der Waals surface area contributed by atoms with E-state index >= 15 is 0 Å². The molecule has 0 saturated carbocycles. The molecular formula is C26H28BrN3O2S2. The molecule has 2 aromatic heterocycles. The number of ether oxygens (including phenoxy) is 1. The molecule has 0 bridgehead atoms. The molecule has 0 unspecified atom stereocenters. The van der Waals surface area contributed by atoms with Crippen LogP contribution in [0.2, 0.25) is 0 Å². The summed E-state index contributed by atoms with van der Waals surface area (Å²) in [5.41, 5.74) is 3.36. The van der Waals surface area contributed by atoms with Crippen LogP contribution in [0.15, 0.2) is 74.1 Å². The van der Waals surface area contributed by atoms with Gasteiger partial charge >= 0.3 is 0 Å². The number of halogens is 1. The molecule has 0 amide bonds. The predicted molar refractivity (Wildman–Crippen MR) is 149 cm³/mol. The van der Waals surface area contributed by atoms with Crippen LogP contribution in [0.1, 0.15) is 17.5 Å². The summed E-state index contributed by atoms with van der Waals surface area (Å²) in [5, 5.41) is 8.78. The summed E-state index contributed by atoms with van der Waals surface area (Å²) < 4.78 is 7.96. The Balaban J connectivity index is 1.27. The summed E-state index contributed by atoms with van der Waals surface area (Å²) in [6.07, 6.45) is 3.88. The summed E-state index contributed by atoms with van der Waals surface area (Å²) in [6.45, 7) is 2.98. The zero-order valence-corrected chi connectivity index (χ0v) is 22.2. The maximum absolute atomic E-state index is 12.1. The standard InChI is InChI=1S/C26H28BrN3O2S2/c1-33-20-14-19(25(21(27)15-20)32-12-8-18-6-3-2-4-7-18)17-28-10-5-11-29-24-16-23(31)26-22(30-24)9-13-34-26/h2-4,6-7,9,13-16,28H,5,8,10-12,17H2,1H3,(H2,29,30,31). The molecule has 2 heterocycles.